The molecule has 0 unspecified atom stereocenters. The van der Waals surface area contributed by atoms with Crippen LogP contribution in [0.25, 0.3) is 0 Å². The highest BCUT2D eigenvalue weighted by Gasteiger charge is 2.19. The normalized spacial score (nSPS) is 11.9. The van der Waals surface area contributed by atoms with E-state index in [4.69, 9.17) is 16.3 Å². The van der Waals surface area contributed by atoms with Crippen LogP contribution in [0.2, 0.25) is 5.02 Å². The summed E-state index contributed by atoms with van der Waals surface area (Å²) in [6.07, 6.45) is 2.53. The lowest BCUT2D eigenvalue weighted by atomic mass is 9.89. The summed E-state index contributed by atoms with van der Waals surface area (Å²) in [5.41, 5.74) is 0.368. The predicted octanol–water partition coefficient (Wildman–Crippen LogP) is 2.95. The summed E-state index contributed by atoms with van der Waals surface area (Å²) in [7, 11) is 1.69. The second-order valence-electron chi connectivity index (χ2n) is 5.98. The first kappa shape index (κ1) is 17.0. The third-order valence-electron chi connectivity index (χ3n) is 3.17. The van der Waals surface area contributed by atoms with Gasteiger partial charge in [-0.1, -0.05) is 25.4 Å². The number of hydrogen-bond acceptors (Lipinski definition) is 4. The molecule has 0 fully saturated rings. The minimum atomic E-state index is -0.263. The number of nitrogens with one attached hydrogen (secondary N) is 1. The molecule has 1 N–H and O–H groups in total. The molecule has 0 aliphatic carbocycles. The standard InChI is InChI=1S/C14H24ClN3O2/c1-10(2)18-13(19)12(15)11(8-17-18)16-9-14(3,4)6-7-20-5/h8,10,16H,6-7,9H2,1-5H3. The largest absolute Gasteiger partial charge is 0.385 e. The molecule has 0 amide bonds. The van der Waals surface area contributed by atoms with Crippen molar-refractivity contribution in [3.05, 3.63) is 21.6 Å². The first-order valence-corrected chi connectivity index (χ1v) is 7.16. The summed E-state index contributed by atoms with van der Waals surface area (Å²) in [5.74, 6) is 0. The molecule has 0 aliphatic rings. The van der Waals surface area contributed by atoms with Gasteiger partial charge in [-0.25, -0.2) is 4.68 Å². The van der Waals surface area contributed by atoms with E-state index in [0.29, 0.717) is 18.8 Å². The average molecular weight is 302 g/mol. The van der Waals surface area contributed by atoms with Crippen molar-refractivity contribution in [2.75, 3.05) is 25.6 Å². The maximum Gasteiger partial charge on any atom is 0.287 e. The van der Waals surface area contributed by atoms with Crippen LogP contribution in [-0.4, -0.2) is 30.0 Å². The zero-order chi connectivity index (χ0) is 15.3. The van der Waals surface area contributed by atoms with Crippen LogP contribution in [0.3, 0.4) is 0 Å². The fraction of sp³-hybridized carbons (Fsp3) is 0.714. The van der Waals surface area contributed by atoms with Gasteiger partial charge in [-0.2, -0.15) is 5.10 Å². The summed E-state index contributed by atoms with van der Waals surface area (Å²) in [6, 6.07) is -0.00723. The molecule has 0 spiro atoms. The number of aromatic nitrogens is 2. The fourth-order valence-corrected chi connectivity index (χ4v) is 1.94. The van der Waals surface area contributed by atoms with E-state index in [1.807, 2.05) is 13.8 Å². The van der Waals surface area contributed by atoms with Crippen LogP contribution in [0, 0.1) is 5.41 Å². The number of methoxy groups -OCH3 is 1. The minimum absolute atomic E-state index is 0.00723. The van der Waals surface area contributed by atoms with Gasteiger partial charge in [-0.3, -0.25) is 4.79 Å². The van der Waals surface area contributed by atoms with Crippen LogP contribution in [0.5, 0.6) is 0 Å². The molecule has 1 aromatic heterocycles. The van der Waals surface area contributed by atoms with Gasteiger partial charge in [0.15, 0.2) is 0 Å². The molecule has 0 aromatic carbocycles. The van der Waals surface area contributed by atoms with Crippen molar-refractivity contribution in [1.29, 1.82) is 0 Å². The number of anilines is 1. The fourth-order valence-electron chi connectivity index (χ4n) is 1.74. The van der Waals surface area contributed by atoms with Gasteiger partial charge in [-0.15, -0.1) is 0 Å². The van der Waals surface area contributed by atoms with Crippen molar-refractivity contribution in [3.63, 3.8) is 0 Å². The molecule has 1 heterocycles. The molecule has 6 heteroatoms. The highest BCUT2D eigenvalue weighted by atomic mass is 35.5. The Morgan fingerprint density at radius 3 is 2.70 bits per heavy atom. The van der Waals surface area contributed by atoms with E-state index in [0.717, 1.165) is 6.42 Å². The Bertz CT molecular complexity index is 498. The summed E-state index contributed by atoms with van der Waals surface area (Å²) >= 11 is 6.12. The first-order chi connectivity index (χ1) is 9.28. The van der Waals surface area contributed by atoms with Gasteiger partial charge in [0.25, 0.3) is 5.56 Å². The topological polar surface area (TPSA) is 56.1 Å². The summed E-state index contributed by atoms with van der Waals surface area (Å²) in [6.45, 7) is 9.46. The highest BCUT2D eigenvalue weighted by Crippen LogP contribution is 2.23. The van der Waals surface area contributed by atoms with Crippen molar-refractivity contribution in [1.82, 2.24) is 9.78 Å². The third kappa shape index (κ3) is 4.49. The van der Waals surface area contributed by atoms with Gasteiger partial charge < -0.3 is 10.1 Å². The Morgan fingerprint density at radius 1 is 1.50 bits per heavy atom. The summed E-state index contributed by atoms with van der Waals surface area (Å²) in [4.78, 5) is 12.0. The lowest BCUT2D eigenvalue weighted by Gasteiger charge is -2.25. The van der Waals surface area contributed by atoms with Crippen LogP contribution in [0.1, 0.15) is 40.2 Å². The van der Waals surface area contributed by atoms with Crippen molar-refractivity contribution in [2.45, 2.75) is 40.2 Å². The van der Waals surface area contributed by atoms with Gasteiger partial charge >= 0.3 is 0 Å². The van der Waals surface area contributed by atoms with Crippen LogP contribution in [0.15, 0.2) is 11.0 Å². The molecular formula is C14H24ClN3O2. The van der Waals surface area contributed by atoms with Crippen molar-refractivity contribution < 1.29 is 4.74 Å². The average Bonchev–Trinajstić information content (AvgIpc) is 2.38. The molecule has 0 aliphatic heterocycles. The lowest BCUT2D eigenvalue weighted by molar-refractivity contribution is 0.157. The molecule has 1 aromatic rings. The molecule has 0 atom stereocenters. The number of rotatable bonds is 7. The predicted molar refractivity (Wildman–Crippen MR) is 82.7 cm³/mol. The molecule has 5 nitrogen and oxygen atoms in total. The molecule has 0 saturated carbocycles. The quantitative estimate of drug-likeness (QED) is 0.841. The number of ether oxygens (including phenoxy) is 1. The van der Waals surface area contributed by atoms with Gasteiger partial charge in [0.1, 0.15) is 5.02 Å². The number of halogens is 1. The number of hydrogen-bond donors (Lipinski definition) is 1. The number of nitrogens with zero attached hydrogens (tertiary/aromatic N) is 2. The highest BCUT2D eigenvalue weighted by molar-refractivity contribution is 6.32. The maximum atomic E-state index is 12.0. The Morgan fingerprint density at radius 2 is 2.15 bits per heavy atom. The molecular weight excluding hydrogens is 278 g/mol. The zero-order valence-corrected chi connectivity index (χ0v) is 13.6. The Hall–Kier alpha value is -1.07. The first-order valence-electron chi connectivity index (χ1n) is 6.78. The van der Waals surface area contributed by atoms with Gasteiger partial charge in [-0.05, 0) is 25.7 Å². The second-order valence-corrected chi connectivity index (χ2v) is 6.35. The van der Waals surface area contributed by atoms with E-state index in [1.165, 1.54) is 4.68 Å². The monoisotopic (exact) mass is 301 g/mol. The summed E-state index contributed by atoms with van der Waals surface area (Å²) in [5, 5.41) is 7.53. The van der Waals surface area contributed by atoms with Crippen molar-refractivity contribution in [2.24, 2.45) is 5.41 Å². The minimum Gasteiger partial charge on any atom is -0.385 e. The SMILES string of the molecule is COCCC(C)(C)CNc1cnn(C(C)C)c(=O)c1Cl. The van der Waals surface area contributed by atoms with E-state index in [1.54, 1.807) is 13.3 Å². The second kappa shape index (κ2) is 7.09. The Balaban J connectivity index is 2.80. The van der Waals surface area contributed by atoms with E-state index in [2.05, 4.69) is 24.3 Å². The van der Waals surface area contributed by atoms with E-state index < -0.39 is 0 Å². The van der Waals surface area contributed by atoms with Crippen LogP contribution in [-0.2, 0) is 4.74 Å². The van der Waals surface area contributed by atoms with Gasteiger partial charge in [0, 0.05) is 20.3 Å². The molecule has 114 valence electrons. The smallest absolute Gasteiger partial charge is 0.287 e. The van der Waals surface area contributed by atoms with Gasteiger partial charge in [0.05, 0.1) is 17.9 Å². The van der Waals surface area contributed by atoms with Crippen LogP contribution >= 0.6 is 11.6 Å². The maximum absolute atomic E-state index is 12.0. The summed E-state index contributed by atoms with van der Waals surface area (Å²) < 4.78 is 6.47. The molecule has 0 radical (unpaired) electrons. The Kier molecular flexibility index (Phi) is 6.02. The van der Waals surface area contributed by atoms with E-state index in [-0.39, 0.29) is 22.0 Å². The lowest BCUT2D eigenvalue weighted by Crippen LogP contribution is -2.28. The van der Waals surface area contributed by atoms with E-state index in [9.17, 15) is 4.79 Å². The van der Waals surface area contributed by atoms with Crippen LogP contribution < -0.4 is 10.9 Å². The molecule has 20 heavy (non-hydrogen) atoms. The zero-order valence-electron chi connectivity index (χ0n) is 12.9. The van der Waals surface area contributed by atoms with Crippen molar-refractivity contribution in [3.8, 4) is 0 Å². The van der Waals surface area contributed by atoms with Gasteiger partial charge in [0.2, 0.25) is 0 Å². The third-order valence-corrected chi connectivity index (χ3v) is 3.54. The van der Waals surface area contributed by atoms with Crippen molar-refractivity contribution >= 4 is 17.3 Å². The molecule has 0 bridgehead atoms. The molecule has 0 saturated heterocycles. The van der Waals surface area contributed by atoms with E-state index >= 15 is 0 Å². The molecule has 1 rings (SSSR count). The Labute approximate surface area is 125 Å². The van der Waals surface area contributed by atoms with Crippen LogP contribution in [0.4, 0.5) is 5.69 Å².